The van der Waals surface area contributed by atoms with Crippen molar-refractivity contribution in [1.82, 2.24) is 5.32 Å². The van der Waals surface area contributed by atoms with Crippen molar-refractivity contribution >= 4 is 22.9 Å². The number of rotatable bonds is 5. The SMILES string of the molecule is Br.COCCNC(N)=NCc1ccc(C)cc1. The van der Waals surface area contributed by atoms with E-state index in [9.17, 15) is 0 Å². The molecule has 0 saturated heterocycles. The van der Waals surface area contributed by atoms with Crippen molar-refractivity contribution in [2.75, 3.05) is 20.3 Å². The molecule has 96 valence electrons. The van der Waals surface area contributed by atoms with Gasteiger partial charge in [0.1, 0.15) is 0 Å². The molecule has 17 heavy (non-hydrogen) atoms. The fourth-order valence-corrected chi connectivity index (χ4v) is 1.21. The van der Waals surface area contributed by atoms with Crippen LogP contribution in [-0.2, 0) is 11.3 Å². The number of hydrogen-bond acceptors (Lipinski definition) is 2. The molecule has 0 amide bonds. The molecular weight excluding hydrogens is 282 g/mol. The molecular formula is C12H20BrN3O. The van der Waals surface area contributed by atoms with Crippen molar-refractivity contribution in [1.29, 1.82) is 0 Å². The molecule has 1 aromatic rings. The van der Waals surface area contributed by atoms with Gasteiger partial charge in [0, 0.05) is 13.7 Å². The highest BCUT2D eigenvalue weighted by Gasteiger charge is 1.93. The Hall–Kier alpha value is -1.07. The number of benzene rings is 1. The first-order chi connectivity index (χ1) is 7.72. The quantitative estimate of drug-likeness (QED) is 0.494. The van der Waals surface area contributed by atoms with Crippen molar-refractivity contribution < 1.29 is 4.74 Å². The van der Waals surface area contributed by atoms with E-state index in [0.29, 0.717) is 25.7 Å². The number of guanidine groups is 1. The van der Waals surface area contributed by atoms with E-state index in [1.807, 2.05) is 0 Å². The minimum Gasteiger partial charge on any atom is -0.383 e. The lowest BCUT2D eigenvalue weighted by Gasteiger charge is -2.04. The summed E-state index contributed by atoms with van der Waals surface area (Å²) >= 11 is 0. The average molecular weight is 302 g/mol. The van der Waals surface area contributed by atoms with E-state index in [1.54, 1.807) is 7.11 Å². The molecule has 1 aromatic carbocycles. The fourth-order valence-electron chi connectivity index (χ4n) is 1.21. The summed E-state index contributed by atoms with van der Waals surface area (Å²) in [6.07, 6.45) is 0. The largest absolute Gasteiger partial charge is 0.383 e. The van der Waals surface area contributed by atoms with E-state index in [4.69, 9.17) is 10.5 Å². The molecule has 0 fully saturated rings. The Morgan fingerprint density at radius 3 is 2.59 bits per heavy atom. The van der Waals surface area contributed by atoms with Gasteiger partial charge in [0.25, 0.3) is 0 Å². The van der Waals surface area contributed by atoms with Gasteiger partial charge >= 0.3 is 0 Å². The summed E-state index contributed by atoms with van der Waals surface area (Å²) in [5, 5.41) is 2.97. The number of nitrogens with one attached hydrogen (secondary N) is 1. The third kappa shape index (κ3) is 6.97. The number of halogens is 1. The third-order valence-corrected chi connectivity index (χ3v) is 2.16. The van der Waals surface area contributed by atoms with Gasteiger partial charge in [-0.15, -0.1) is 17.0 Å². The van der Waals surface area contributed by atoms with E-state index >= 15 is 0 Å². The fraction of sp³-hybridized carbons (Fsp3) is 0.417. The molecule has 3 N–H and O–H groups in total. The van der Waals surface area contributed by atoms with Gasteiger partial charge in [-0.1, -0.05) is 29.8 Å². The predicted molar refractivity (Wildman–Crippen MR) is 76.7 cm³/mol. The lowest BCUT2D eigenvalue weighted by atomic mass is 10.1. The van der Waals surface area contributed by atoms with Crippen LogP contribution in [0, 0.1) is 6.92 Å². The van der Waals surface area contributed by atoms with Gasteiger partial charge in [0.15, 0.2) is 5.96 Å². The van der Waals surface area contributed by atoms with Gasteiger partial charge in [-0.3, -0.25) is 0 Å². The first-order valence-corrected chi connectivity index (χ1v) is 5.30. The monoisotopic (exact) mass is 301 g/mol. The molecule has 0 heterocycles. The Labute approximate surface area is 113 Å². The zero-order valence-electron chi connectivity index (χ0n) is 10.3. The second-order valence-corrected chi connectivity index (χ2v) is 3.61. The van der Waals surface area contributed by atoms with Crippen LogP contribution in [-0.4, -0.2) is 26.2 Å². The molecule has 0 aliphatic heterocycles. The molecule has 0 aliphatic carbocycles. The summed E-state index contributed by atoms with van der Waals surface area (Å²) < 4.78 is 4.90. The molecule has 0 saturated carbocycles. The van der Waals surface area contributed by atoms with Crippen LogP contribution >= 0.6 is 17.0 Å². The second kappa shape index (κ2) is 9.01. The van der Waals surface area contributed by atoms with E-state index in [-0.39, 0.29) is 17.0 Å². The first kappa shape index (κ1) is 15.9. The van der Waals surface area contributed by atoms with Gasteiger partial charge in [-0.2, -0.15) is 0 Å². The minimum absolute atomic E-state index is 0. The highest BCUT2D eigenvalue weighted by Crippen LogP contribution is 2.03. The predicted octanol–water partition coefficient (Wildman–Crippen LogP) is 1.62. The minimum atomic E-state index is 0. The van der Waals surface area contributed by atoms with Crippen LogP contribution < -0.4 is 11.1 Å². The second-order valence-electron chi connectivity index (χ2n) is 3.61. The summed E-state index contributed by atoms with van der Waals surface area (Å²) in [5.74, 6) is 0.456. The average Bonchev–Trinajstić information content (AvgIpc) is 2.29. The van der Waals surface area contributed by atoms with Gasteiger partial charge in [-0.25, -0.2) is 4.99 Å². The molecule has 1 rings (SSSR count). The number of hydrogen-bond donors (Lipinski definition) is 2. The summed E-state index contributed by atoms with van der Waals surface area (Å²) in [5.41, 5.74) is 8.08. The molecule has 0 aliphatic rings. The maximum Gasteiger partial charge on any atom is 0.188 e. The Morgan fingerprint density at radius 1 is 1.35 bits per heavy atom. The molecule has 0 aromatic heterocycles. The van der Waals surface area contributed by atoms with Crippen molar-refractivity contribution in [2.24, 2.45) is 10.7 Å². The van der Waals surface area contributed by atoms with Crippen LogP contribution in [0.25, 0.3) is 0 Å². The molecule has 0 spiro atoms. The summed E-state index contributed by atoms with van der Waals surface area (Å²) in [6, 6.07) is 8.25. The number of aryl methyl sites for hydroxylation is 1. The lowest BCUT2D eigenvalue weighted by molar-refractivity contribution is 0.204. The highest BCUT2D eigenvalue weighted by atomic mass is 79.9. The number of nitrogens with two attached hydrogens (primary N) is 1. The Bertz CT molecular complexity index is 338. The molecule has 0 atom stereocenters. The Morgan fingerprint density at radius 2 is 2.00 bits per heavy atom. The van der Waals surface area contributed by atoms with Crippen LogP contribution in [0.2, 0.25) is 0 Å². The molecule has 0 bridgehead atoms. The molecule has 4 nitrogen and oxygen atoms in total. The maximum absolute atomic E-state index is 5.68. The smallest absolute Gasteiger partial charge is 0.188 e. The van der Waals surface area contributed by atoms with Crippen LogP contribution in [0.3, 0.4) is 0 Å². The summed E-state index contributed by atoms with van der Waals surface area (Å²) in [4.78, 5) is 4.22. The van der Waals surface area contributed by atoms with E-state index in [0.717, 1.165) is 5.56 Å². The summed E-state index contributed by atoms with van der Waals surface area (Å²) in [6.45, 7) is 3.97. The zero-order chi connectivity index (χ0) is 11.8. The van der Waals surface area contributed by atoms with Crippen LogP contribution in [0.4, 0.5) is 0 Å². The number of methoxy groups -OCH3 is 1. The van der Waals surface area contributed by atoms with Crippen LogP contribution in [0.15, 0.2) is 29.3 Å². The lowest BCUT2D eigenvalue weighted by Crippen LogP contribution is -2.34. The standard InChI is InChI=1S/C12H19N3O.BrH/c1-10-3-5-11(6-4-10)9-15-12(13)14-7-8-16-2;/h3-6H,7-9H2,1-2H3,(H3,13,14,15);1H. The van der Waals surface area contributed by atoms with Gasteiger partial charge < -0.3 is 15.8 Å². The number of aliphatic imine (C=N–C) groups is 1. The topological polar surface area (TPSA) is 59.6 Å². The first-order valence-electron chi connectivity index (χ1n) is 5.30. The van der Waals surface area contributed by atoms with Crippen LogP contribution in [0.5, 0.6) is 0 Å². The molecule has 0 unspecified atom stereocenters. The normalized spacial score (nSPS) is 10.8. The Kier molecular flexibility index (Phi) is 8.44. The van der Waals surface area contributed by atoms with Crippen molar-refractivity contribution in [3.8, 4) is 0 Å². The number of nitrogens with zero attached hydrogens (tertiary/aromatic N) is 1. The molecule has 0 radical (unpaired) electrons. The Balaban J connectivity index is 0.00000256. The number of ether oxygens (including phenoxy) is 1. The third-order valence-electron chi connectivity index (χ3n) is 2.16. The maximum atomic E-state index is 5.68. The molecule has 5 heteroatoms. The van der Waals surface area contributed by atoms with Gasteiger partial charge in [0.2, 0.25) is 0 Å². The van der Waals surface area contributed by atoms with Crippen LogP contribution in [0.1, 0.15) is 11.1 Å². The van der Waals surface area contributed by atoms with Gasteiger partial charge in [0.05, 0.1) is 13.2 Å². The van der Waals surface area contributed by atoms with E-state index in [1.165, 1.54) is 5.56 Å². The van der Waals surface area contributed by atoms with E-state index < -0.39 is 0 Å². The van der Waals surface area contributed by atoms with Crippen molar-refractivity contribution in [3.63, 3.8) is 0 Å². The van der Waals surface area contributed by atoms with E-state index in [2.05, 4.69) is 41.5 Å². The van der Waals surface area contributed by atoms with Crippen molar-refractivity contribution in [2.45, 2.75) is 13.5 Å². The van der Waals surface area contributed by atoms with Gasteiger partial charge in [-0.05, 0) is 12.5 Å². The zero-order valence-corrected chi connectivity index (χ0v) is 12.0. The summed E-state index contributed by atoms with van der Waals surface area (Å²) in [7, 11) is 1.65. The van der Waals surface area contributed by atoms with Crippen molar-refractivity contribution in [3.05, 3.63) is 35.4 Å². The highest BCUT2D eigenvalue weighted by molar-refractivity contribution is 8.93.